The Kier molecular flexibility index (Phi) is 7.98. The van der Waals surface area contributed by atoms with Gasteiger partial charge in [0, 0.05) is 61.6 Å². The van der Waals surface area contributed by atoms with Crippen LogP contribution in [0.3, 0.4) is 0 Å². The molecule has 3 N–H and O–H groups in total. The predicted octanol–water partition coefficient (Wildman–Crippen LogP) is 2.18. The second-order valence-electron chi connectivity index (χ2n) is 12.4. The Morgan fingerprint density at radius 1 is 1.16 bits per heavy atom. The number of ether oxygens (including phenoxy) is 1. The standard InChI is InChI=1S/C31H40N6O5Si/c1-21-29(43(2,3)41)27(11-14-35-20-23(12-16-38)33-34-35)42-31(21)25-9-4-5-10-26(25)37(30(31)40)19-22-7-6-8-24(17-22)36-15-13-32-18-28(36)39/h4-10,17,20-21,27,29,32,38,41H,11-16,18-19H2,1-3H3/t21-,27+,29-,31+/m0/s1. The van der Waals surface area contributed by atoms with Crippen molar-refractivity contribution in [3.05, 3.63) is 71.5 Å². The molecule has 4 atom stereocenters. The van der Waals surface area contributed by atoms with Crippen LogP contribution in [-0.2, 0) is 39.4 Å². The summed E-state index contributed by atoms with van der Waals surface area (Å²) in [5.74, 6) is -0.351. The van der Waals surface area contributed by atoms with Gasteiger partial charge in [0.25, 0.3) is 5.91 Å². The number of hydrogen-bond acceptors (Lipinski definition) is 8. The Hall–Kier alpha value is -3.42. The van der Waals surface area contributed by atoms with Crippen molar-refractivity contribution in [1.82, 2.24) is 20.3 Å². The summed E-state index contributed by atoms with van der Waals surface area (Å²) < 4.78 is 8.64. The Labute approximate surface area is 252 Å². The van der Waals surface area contributed by atoms with E-state index in [0.717, 1.165) is 29.0 Å². The van der Waals surface area contributed by atoms with Crippen LogP contribution in [0.4, 0.5) is 11.4 Å². The highest BCUT2D eigenvalue weighted by Gasteiger charge is 2.66. The van der Waals surface area contributed by atoms with Crippen LogP contribution in [0, 0.1) is 5.92 Å². The van der Waals surface area contributed by atoms with Crippen LogP contribution in [0.2, 0.25) is 18.6 Å². The average molecular weight is 605 g/mol. The molecule has 2 saturated heterocycles. The lowest BCUT2D eigenvalue weighted by molar-refractivity contribution is -0.146. The molecule has 4 heterocycles. The first-order chi connectivity index (χ1) is 20.6. The minimum atomic E-state index is -2.79. The van der Waals surface area contributed by atoms with Crippen LogP contribution in [0.5, 0.6) is 0 Å². The maximum atomic E-state index is 14.6. The number of rotatable bonds is 9. The number of aryl methyl sites for hydroxylation is 1. The van der Waals surface area contributed by atoms with Crippen molar-refractivity contribution in [2.75, 3.05) is 36.0 Å². The smallest absolute Gasteiger partial charge is 0.264 e. The molecule has 6 rings (SSSR count). The second kappa shape index (κ2) is 11.6. The largest absolute Gasteiger partial charge is 0.432 e. The fourth-order valence-corrected chi connectivity index (χ4v) is 9.88. The van der Waals surface area contributed by atoms with Gasteiger partial charge in [0.1, 0.15) is 0 Å². The molecular weight excluding hydrogens is 564 g/mol. The average Bonchev–Trinajstić information content (AvgIpc) is 3.63. The summed E-state index contributed by atoms with van der Waals surface area (Å²) in [6.45, 7) is 8.39. The van der Waals surface area contributed by atoms with Gasteiger partial charge in [-0.05, 0) is 43.3 Å². The van der Waals surface area contributed by atoms with E-state index in [4.69, 9.17) is 4.74 Å². The first-order valence-corrected chi connectivity index (χ1v) is 18.1. The topological polar surface area (TPSA) is 133 Å². The van der Waals surface area contributed by atoms with Crippen molar-refractivity contribution in [2.45, 2.75) is 63.2 Å². The van der Waals surface area contributed by atoms with E-state index in [0.29, 0.717) is 44.7 Å². The van der Waals surface area contributed by atoms with Gasteiger partial charge in [0.2, 0.25) is 5.91 Å². The normalized spacial score (nSPS) is 25.7. The van der Waals surface area contributed by atoms with Crippen LogP contribution in [0.1, 0.15) is 30.2 Å². The summed E-state index contributed by atoms with van der Waals surface area (Å²) in [5, 5.41) is 20.7. The molecule has 2 amide bonds. The Bertz CT molecular complexity index is 1510. The molecule has 3 aromatic rings. The van der Waals surface area contributed by atoms with Crippen LogP contribution in [-0.4, -0.2) is 77.4 Å². The third-order valence-electron chi connectivity index (χ3n) is 9.14. The van der Waals surface area contributed by atoms with Crippen molar-refractivity contribution in [2.24, 2.45) is 5.92 Å². The van der Waals surface area contributed by atoms with E-state index in [1.807, 2.05) is 74.7 Å². The zero-order valence-corrected chi connectivity index (χ0v) is 25.9. The van der Waals surface area contributed by atoms with Gasteiger partial charge in [-0.25, -0.2) is 0 Å². The third-order valence-corrected chi connectivity index (χ3v) is 11.6. The van der Waals surface area contributed by atoms with Crippen molar-refractivity contribution in [3.8, 4) is 0 Å². The number of benzene rings is 2. The van der Waals surface area contributed by atoms with E-state index < -0.39 is 13.9 Å². The molecule has 3 aliphatic rings. The lowest BCUT2D eigenvalue weighted by Gasteiger charge is -2.32. The quantitative estimate of drug-likeness (QED) is 0.317. The van der Waals surface area contributed by atoms with Crippen LogP contribution in [0.15, 0.2) is 54.7 Å². The van der Waals surface area contributed by atoms with Gasteiger partial charge in [0.05, 0.1) is 30.6 Å². The number of amides is 2. The van der Waals surface area contributed by atoms with Gasteiger partial charge < -0.3 is 29.8 Å². The zero-order valence-electron chi connectivity index (χ0n) is 24.9. The van der Waals surface area contributed by atoms with E-state index in [2.05, 4.69) is 15.6 Å². The first-order valence-electron chi connectivity index (χ1n) is 15.0. The molecule has 1 spiro atoms. The van der Waals surface area contributed by atoms with Gasteiger partial charge in [-0.1, -0.05) is 42.5 Å². The highest BCUT2D eigenvalue weighted by Crippen LogP contribution is 2.59. The summed E-state index contributed by atoms with van der Waals surface area (Å²) >= 11 is 0. The van der Waals surface area contributed by atoms with Crippen molar-refractivity contribution < 1.29 is 24.2 Å². The molecule has 0 saturated carbocycles. The minimum absolute atomic E-state index is 0.00696. The number of nitrogens with zero attached hydrogens (tertiary/aromatic N) is 5. The number of nitrogens with one attached hydrogen (secondary N) is 1. The number of hydrogen-bond donors (Lipinski definition) is 3. The summed E-state index contributed by atoms with van der Waals surface area (Å²) in [6.07, 6.45) is 2.47. The monoisotopic (exact) mass is 604 g/mol. The van der Waals surface area contributed by atoms with Crippen LogP contribution in [0.25, 0.3) is 0 Å². The van der Waals surface area contributed by atoms with E-state index in [-0.39, 0.29) is 36.0 Å². The van der Waals surface area contributed by atoms with E-state index in [1.165, 1.54) is 0 Å². The number of anilines is 2. The third kappa shape index (κ3) is 5.31. The molecule has 0 radical (unpaired) electrons. The molecule has 12 heteroatoms. The van der Waals surface area contributed by atoms with E-state index in [9.17, 15) is 19.5 Å². The van der Waals surface area contributed by atoms with Gasteiger partial charge in [-0.15, -0.1) is 5.10 Å². The number of aliphatic hydroxyl groups is 1. The maximum Gasteiger partial charge on any atom is 0.264 e. The summed E-state index contributed by atoms with van der Waals surface area (Å²) in [4.78, 5) is 42.3. The molecule has 0 unspecified atom stereocenters. The number of aromatic nitrogens is 3. The maximum absolute atomic E-state index is 14.6. The molecule has 3 aliphatic heterocycles. The van der Waals surface area contributed by atoms with Crippen molar-refractivity contribution in [3.63, 3.8) is 0 Å². The molecular formula is C31H40N6O5Si. The number of fused-ring (bicyclic) bond motifs is 2. The molecule has 1 aromatic heterocycles. The number of para-hydroxylation sites is 1. The first kappa shape index (κ1) is 29.6. The van der Waals surface area contributed by atoms with Gasteiger partial charge in [0.15, 0.2) is 13.9 Å². The predicted molar refractivity (Wildman–Crippen MR) is 164 cm³/mol. The number of piperazine rings is 1. The summed E-state index contributed by atoms with van der Waals surface area (Å²) in [5.41, 5.74) is 2.70. The molecule has 2 aromatic carbocycles. The highest BCUT2D eigenvalue weighted by molar-refractivity contribution is 6.71. The lowest BCUT2D eigenvalue weighted by Crippen LogP contribution is -2.48. The Balaban J connectivity index is 1.30. The molecule has 228 valence electrons. The Morgan fingerprint density at radius 2 is 1.98 bits per heavy atom. The lowest BCUT2D eigenvalue weighted by atomic mass is 9.82. The highest BCUT2D eigenvalue weighted by atomic mass is 28.4. The number of carbonyl (C=O) groups is 2. The van der Waals surface area contributed by atoms with Crippen molar-refractivity contribution in [1.29, 1.82) is 0 Å². The molecule has 0 bridgehead atoms. The summed E-state index contributed by atoms with van der Waals surface area (Å²) in [7, 11) is -2.79. The van der Waals surface area contributed by atoms with Crippen molar-refractivity contribution >= 4 is 31.5 Å². The van der Waals surface area contributed by atoms with Gasteiger partial charge in [-0.3, -0.25) is 14.3 Å². The number of carbonyl (C=O) groups excluding carboxylic acids is 2. The van der Waals surface area contributed by atoms with E-state index in [1.54, 1.807) is 14.5 Å². The second-order valence-corrected chi connectivity index (χ2v) is 16.4. The number of aliphatic hydroxyl groups excluding tert-OH is 1. The fraction of sp³-hybridized carbons (Fsp3) is 0.484. The SMILES string of the molecule is C[C@H]1[C@H]([Si](C)(C)O)[C@@H](CCn2cc(CCO)nn2)O[C@]12C(=O)N(Cc1cccc(N3CCNCC3=O)c1)c1ccccc12. The molecule has 2 fully saturated rings. The van der Waals surface area contributed by atoms with Crippen LogP contribution < -0.4 is 15.1 Å². The zero-order chi connectivity index (χ0) is 30.4. The Morgan fingerprint density at radius 3 is 2.74 bits per heavy atom. The molecule has 11 nitrogen and oxygen atoms in total. The molecule has 0 aliphatic carbocycles. The fourth-order valence-electron chi connectivity index (χ4n) is 7.28. The van der Waals surface area contributed by atoms with E-state index >= 15 is 0 Å². The molecule has 43 heavy (non-hydrogen) atoms. The van der Waals surface area contributed by atoms with Crippen LogP contribution >= 0.6 is 0 Å². The van der Waals surface area contributed by atoms with Gasteiger partial charge in [-0.2, -0.15) is 0 Å². The minimum Gasteiger partial charge on any atom is -0.432 e. The van der Waals surface area contributed by atoms with Gasteiger partial charge >= 0.3 is 0 Å². The summed E-state index contributed by atoms with van der Waals surface area (Å²) in [6, 6.07) is 15.6.